The minimum absolute atomic E-state index is 0.726. The first-order valence-electron chi connectivity index (χ1n) is 5.86. The van der Waals surface area contributed by atoms with E-state index in [1.165, 1.54) is 18.6 Å². The molecule has 0 aromatic carbocycles. The lowest BCUT2D eigenvalue weighted by Crippen LogP contribution is -2.39. The Hall–Kier alpha value is -0.420. The van der Waals surface area contributed by atoms with Gasteiger partial charge in [-0.2, -0.15) is 11.8 Å². The van der Waals surface area contributed by atoms with Crippen LogP contribution in [-0.4, -0.2) is 51.3 Å². The van der Waals surface area contributed by atoms with Crippen LogP contribution in [-0.2, 0) is 4.74 Å². The van der Waals surface area contributed by atoms with Crippen molar-refractivity contribution in [3.05, 3.63) is 0 Å². The maximum atomic E-state index is 5.24. The number of guanidine groups is 1. The zero-order chi connectivity index (χ0) is 12.1. The number of rotatable bonds is 9. The molecule has 0 heterocycles. The van der Waals surface area contributed by atoms with Crippen LogP contribution >= 0.6 is 11.8 Å². The average Bonchev–Trinajstić information content (AvgIpc) is 2.31. The van der Waals surface area contributed by atoms with Gasteiger partial charge >= 0.3 is 0 Å². The fourth-order valence-corrected chi connectivity index (χ4v) is 1.68. The highest BCUT2D eigenvalue weighted by molar-refractivity contribution is 7.98. The van der Waals surface area contributed by atoms with E-state index in [4.69, 9.17) is 4.74 Å². The maximum absolute atomic E-state index is 5.24. The van der Waals surface area contributed by atoms with E-state index in [0.29, 0.717) is 0 Å². The molecular formula is C11H25N3OS. The summed E-state index contributed by atoms with van der Waals surface area (Å²) in [6, 6.07) is 0. The molecule has 0 bridgehead atoms. The summed E-state index contributed by atoms with van der Waals surface area (Å²) in [5, 5.41) is 6.48. The number of hydrogen-bond acceptors (Lipinski definition) is 3. The van der Waals surface area contributed by atoms with Crippen LogP contribution in [0.5, 0.6) is 0 Å². The van der Waals surface area contributed by atoms with Crippen LogP contribution in [0.2, 0.25) is 0 Å². The summed E-state index contributed by atoms with van der Waals surface area (Å²) >= 11 is 1.90. The molecule has 16 heavy (non-hydrogen) atoms. The third-order valence-corrected chi connectivity index (χ3v) is 2.73. The molecule has 0 saturated carbocycles. The highest BCUT2D eigenvalue weighted by Gasteiger charge is 1.95. The summed E-state index contributed by atoms with van der Waals surface area (Å²) < 4.78 is 5.24. The van der Waals surface area contributed by atoms with Crippen LogP contribution in [0.1, 0.15) is 19.8 Å². The van der Waals surface area contributed by atoms with Crippen molar-refractivity contribution in [3.8, 4) is 0 Å². The Labute approximate surface area is 104 Å². The molecule has 0 fully saturated rings. The summed E-state index contributed by atoms with van der Waals surface area (Å²) in [5.41, 5.74) is 0. The molecule has 0 radical (unpaired) electrons. The van der Waals surface area contributed by atoms with Gasteiger partial charge < -0.3 is 15.4 Å². The Bertz CT molecular complexity index is 177. The molecule has 0 aliphatic rings. The van der Waals surface area contributed by atoms with E-state index in [2.05, 4.69) is 21.9 Å². The second-order valence-corrected chi connectivity index (χ2v) is 4.31. The average molecular weight is 247 g/mol. The zero-order valence-electron chi connectivity index (χ0n) is 10.7. The Balaban J connectivity index is 3.38. The van der Waals surface area contributed by atoms with Crippen LogP contribution in [0.15, 0.2) is 4.99 Å². The molecule has 5 heteroatoms. The van der Waals surface area contributed by atoms with Gasteiger partial charge in [-0.05, 0) is 31.8 Å². The SMILES string of the molecule is CCOCCNC(=NC)NCCCCSC. The Morgan fingerprint density at radius 2 is 2.00 bits per heavy atom. The van der Waals surface area contributed by atoms with Crippen LogP contribution in [0.4, 0.5) is 0 Å². The first-order valence-corrected chi connectivity index (χ1v) is 7.25. The van der Waals surface area contributed by atoms with Crippen molar-refractivity contribution in [1.29, 1.82) is 0 Å². The summed E-state index contributed by atoms with van der Waals surface area (Å²) in [6.07, 6.45) is 4.58. The molecule has 0 atom stereocenters. The van der Waals surface area contributed by atoms with Gasteiger partial charge in [0.1, 0.15) is 0 Å². The fraction of sp³-hybridized carbons (Fsp3) is 0.909. The van der Waals surface area contributed by atoms with Crippen molar-refractivity contribution in [3.63, 3.8) is 0 Å². The molecule has 4 nitrogen and oxygen atoms in total. The number of ether oxygens (including phenoxy) is 1. The number of nitrogens with one attached hydrogen (secondary N) is 2. The molecule has 0 rings (SSSR count). The Morgan fingerprint density at radius 3 is 2.62 bits per heavy atom. The van der Waals surface area contributed by atoms with E-state index >= 15 is 0 Å². The van der Waals surface area contributed by atoms with E-state index in [1.807, 2.05) is 18.7 Å². The molecule has 96 valence electrons. The van der Waals surface area contributed by atoms with Crippen molar-refractivity contribution in [2.45, 2.75) is 19.8 Å². The summed E-state index contributed by atoms with van der Waals surface area (Å²) in [4.78, 5) is 4.14. The number of hydrogen-bond donors (Lipinski definition) is 2. The predicted octanol–water partition coefficient (Wildman–Crippen LogP) is 1.33. The summed E-state index contributed by atoms with van der Waals surface area (Å²) in [7, 11) is 1.79. The Kier molecular flexibility index (Phi) is 12.3. The molecule has 0 aromatic rings. The van der Waals surface area contributed by atoms with Gasteiger partial charge in [0, 0.05) is 26.7 Å². The van der Waals surface area contributed by atoms with E-state index < -0.39 is 0 Å². The van der Waals surface area contributed by atoms with Gasteiger partial charge in [-0.25, -0.2) is 0 Å². The van der Waals surface area contributed by atoms with Gasteiger partial charge in [0.05, 0.1) is 6.61 Å². The number of aliphatic imine (C=N–C) groups is 1. The molecular weight excluding hydrogens is 222 g/mol. The lowest BCUT2D eigenvalue weighted by molar-refractivity contribution is 0.152. The van der Waals surface area contributed by atoms with Gasteiger partial charge in [0.15, 0.2) is 5.96 Å². The van der Waals surface area contributed by atoms with E-state index in [9.17, 15) is 0 Å². The zero-order valence-corrected chi connectivity index (χ0v) is 11.5. The number of unbranched alkanes of at least 4 members (excludes halogenated alkanes) is 1. The Morgan fingerprint density at radius 1 is 1.25 bits per heavy atom. The number of thioether (sulfide) groups is 1. The highest BCUT2D eigenvalue weighted by Crippen LogP contribution is 1.97. The molecule has 2 N–H and O–H groups in total. The fourth-order valence-electron chi connectivity index (χ4n) is 1.18. The van der Waals surface area contributed by atoms with E-state index in [0.717, 1.165) is 32.3 Å². The van der Waals surface area contributed by atoms with Crippen LogP contribution in [0.3, 0.4) is 0 Å². The van der Waals surface area contributed by atoms with Crippen molar-refractivity contribution >= 4 is 17.7 Å². The third-order valence-electron chi connectivity index (χ3n) is 2.03. The lowest BCUT2D eigenvalue weighted by atomic mass is 10.3. The normalized spacial score (nSPS) is 11.6. The summed E-state index contributed by atoms with van der Waals surface area (Å²) in [5.74, 6) is 2.10. The molecule has 0 amide bonds. The summed E-state index contributed by atoms with van der Waals surface area (Å²) in [6.45, 7) is 5.28. The standard InChI is InChI=1S/C11H25N3OS/c1-4-15-9-8-14-11(12-2)13-7-5-6-10-16-3/h4-10H2,1-3H3,(H2,12,13,14). The first-order chi connectivity index (χ1) is 7.85. The molecule has 0 unspecified atom stereocenters. The van der Waals surface area contributed by atoms with Crippen molar-refractivity contribution in [1.82, 2.24) is 10.6 Å². The number of nitrogens with zero attached hydrogens (tertiary/aromatic N) is 1. The van der Waals surface area contributed by atoms with Crippen molar-refractivity contribution in [2.24, 2.45) is 4.99 Å². The predicted molar refractivity (Wildman–Crippen MR) is 73.5 cm³/mol. The molecule has 0 saturated heterocycles. The maximum Gasteiger partial charge on any atom is 0.191 e. The van der Waals surface area contributed by atoms with Gasteiger partial charge in [-0.15, -0.1) is 0 Å². The molecule has 0 aromatic heterocycles. The minimum atomic E-state index is 0.726. The second-order valence-electron chi connectivity index (χ2n) is 3.32. The van der Waals surface area contributed by atoms with E-state index in [-0.39, 0.29) is 0 Å². The van der Waals surface area contributed by atoms with Crippen LogP contribution in [0, 0.1) is 0 Å². The largest absolute Gasteiger partial charge is 0.380 e. The second kappa shape index (κ2) is 12.6. The monoisotopic (exact) mass is 247 g/mol. The topological polar surface area (TPSA) is 45.6 Å². The van der Waals surface area contributed by atoms with Crippen LogP contribution in [0.25, 0.3) is 0 Å². The highest BCUT2D eigenvalue weighted by atomic mass is 32.2. The first kappa shape index (κ1) is 15.6. The minimum Gasteiger partial charge on any atom is -0.380 e. The van der Waals surface area contributed by atoms with Gasteiger partial charge in [0.2, 0.25) is 0 Å². The van der Waals surface area contributed by atoms with Crippen molar-refractivity contribution in [2.75, 3.05) is 45.4 Å². The van der Waals surface area contributed by atoms with E-state index in [1.54, 1.807) is 7.05 Å². The van der Waals surface area contributed by atoms with Crippen molar-refractivity contribution < 1.29 is 4.74 Å². The molecule has 0 spiro atoms. The quantitative estimate of drug-likeness (QED) is 0.366. The lowest BCUT2D eigenvalue weighted by Gasteiger charge is -2.11. The van der Waals surface area contributed by atoms with Gasteiger partial charge in [-0.3, -0.25) is 4.99 Å². The van der Waals surface area contributed by atoms with Gasteiger partial charge in [0.25, 0.3) is 0 Å². The van der Waals surface area contributed by atoms with Gasteiger partial charge in [-0.1, -0.05) is 0 Å². The third kappa shape index (κ3) is 10.1. The molecule has 0 aliphatic carbocycles. The molecule has 0 aliphatic heterocycles. The van der Waals surface area contributed by atoms with Crippen LogP contribution < -0.4 is 10.6 Å². The smallest absolute Gasteiger partial charge is 0.191 e.